The fourth-order valence-corrected chi connectivity index (χ4v) is 9.93. The van der Waals surface area contributed by atoms with Gasteiger partial charge in [0.1, 0.15) is 112 Å². The van der Waals surface area contributed by atoms with Crippen molar-refractivity contribution in [3.63, 3.8) is 0 Å². The molecule has 0 atom stereocenters. The number of likely N-dealkylation sites (N-methyl/N-ethyl adjacent to an activating group) is 1. The molecule has 0 bridgehead atoms. The van der Waals surface area contributed by atoms with Gasteiger partial charge < -0.3 is 78.8 Å². The molecule has 0 aliphatic heterocycles. The molecule has 0 radical (unpaired) electrons. The van der Waals surface area contributed by atoms with Gasteiger partial charge in [0.15, 0.2) is 0 Å². The van der Waals surface area contributed by atoms with Crippen LogP contribution < -0.4 is 70.4 Å². The summed E-state index contributed by atoms with van der Waals surface area (Å²) in [5, 5.41) is 20.9. The molecular weight excluding hydrogens is 1280 g/mol. The molecule has 0 amide bonds. The standard InChI is InChI=1S/C21H25N3O4.C21H24N2O7S.C20H22N2O5.C2H6O.CH2Cl2.CH5N/c1-12-8-14(9-13(2)19(12)28-7-6-22-3)20-23-16-10-15(26-4)11-17(27-5)18(16)21(25)24-20;1-12-8-14(9-13(2)19(12)29-6-7-30-31(5,25)26)20-22-16-10-15(27-3)11-17(28-4)18(16)21(24)23-20;1-11-7-13(8-12(2)18(11)27-6-5-23)19-21-15-9-14(25-3)10-16(26-4)17(15)20(24)22-19;1-2-3;2-1-3;1-2/h8-11,22H,6-7H2,1-5H3,(H,23,24,25);8-11H,6-7H2,1-5H3,(H,22,23,24);7-10,23H,5-6H2,1-4H3,(H,21,22,24);3H,2H2,1H3;1H2;2H2,1H3. The van der Waals surface area contributed by atoms with Gasteiger partial charge in [-0.25, -0.2) is 15.0 Å². The van der Waals surface area contributed by atoms with Crippen molar-refractivity contribution in [3.05, 3.63) is 137 Å². The van der Waals surface area contributed by atoms with E-state index in [0.717, 1.165) is 68.8 Å². The van der Waals surface area contributed by atoms with Gasteiger partial charge in [0, 0.05) is 66.2 Å². The number of alkyl halides is 2. The molecule has 25 nitrogen and oxygen atoms in total. The zero-order chi connectivity index (χ0) is 70.0. The van der Waals surface area contributed by atoms with Gasteiger partial charge in [0.2, 0.25) is 0 Å². The average molecular weight is 1360 g/mol. The van der Waals surface area contributed by atoms with Crippen LogP contribution in [0, 0.1) is 41.5 Å². The number of fused-ring (bicyclic) bond motifs is 3. The van der Waals surface area contributed by atoms with Crippen LogP contribution in [0.15, 0.2) is 87.2 Å². The summed E-state index contributed by atoms with van der Waals surface area (Å²) in [6, 6.07) is 21.4. The SMILES string of the molecule is CCO.CN.CNCCOc1c(C)cc(-c2nc3cc(OC)cc(OC)c3c(=O)[nH]2)cc1C.COc1cc(OC)c2c(=O)[nH]c(-c3cc(C)c(OCCO)c(C)c3)nc2c1.COc1cc(OC)c2c(=O)[nH]c(-c3cc(C)c(OCCOS(C)(=O)=O)c(C)c3)nc2c1.ClCCl. The van der Waals surface area contributed by atoms with Crippen LogP contribution in [0.4, 0.5) is 0 Å². The van der Waals surface area contributed by atoms with Crippen molar-refractivity contribution in [3.8, 4) is 85.9 Å². The summed E-state index contributed by atoms with van der Waals surface area (Å²) < 4.78 is 75.7. The van der Waals surface area contributed by atoms with E-state index in [1.165, 1.54) is 35.5 Å². The van der Waals surface area contributed by atoms with Crippen molar-refractivity contribution in [2.24, 2.45) is 5.73 Å². The molecule has 9 aromatic rings. The fourth-order valence-electron chi connectivity index (χ4n) is 9.56. The zero-order valence-electron chi connectivity index (χ0n) is 55.7. The highest BCUT2D eigenvalue weighted by molar-refractivity contribution is 7.86. The number of methoxy groups -OCH3 is 6. The highest BCUT2D eigenvalue weighted by Crippen LogP contribution is 2.35. The number of nitrogens with two attached hydrogens (primary N) is 1. The summed E-state index contributed by atoms with van der Waals surface area (Å²) in [6.45, 7) is 15.0. The Bertz CT molecular complexity index is 4230. The minimum Gasteiger partial charge on any atom is -0.497 e. The van der Waals surface area contributed by atoms with Crippen molar-refractivity contribution >= 4 is 66.0 Å². The summed E-state index contributed by atoms with van der Waals surface area (Å²) in [5.74, 6) is 6.40. The van der Waals surface area contributed by atoms with Crippen molar-refractivity contribution in [1.82, 2.24) is 35.2 Å². The van der Waals surface area contributed by atoms with E-state index in [9.17, 15) is 22.8 Å². The first-order valence-electron chi connectivity index (χ1n) is 29.0. The largest absolute Gasteiger partial charge is 0.497 e. The number of hydrogen-bond acceptors (Lipinski definition) is 22. The summed E-state index contributed by atoms with van der Waals surface area (Å²) in [7, 11) is 9.01. The minimum absolute atomic E-state index is 0.0517. The molecule has 0 fully saturated rings. The number of aliphatic hydroxyl groups excluding tert-OH is 2. The summed E-state index contributed by atoms with van der Waals surface area (Å²) in [4.78, 5) is 60.5. The molecule has 28 heteroatoms. The van der Waals surface area contributed by atoms with E-state index in [1.54, 1.807) is 57.5 Å². The molecule has 0 unspecified atom stereocenters. The number of aryl methyl sites for hydroxylation is 6. The number of nitrogens with zero attached hydrogens (tertiary/aromatic N) is 3. The summed E-state index contributed by atoms with van der Waals surface area (Å²) >= 11 is 9.53. The highest BCUT2D eigenvalue weighted by Gasteiger charge is 2.19. The number of H-pyrrole nitrogens is 3. The fraction of sp³-hybridized carbons (Fsp3) is 0.364. The van der Waals surface area contributed by atoms with E-state index in [-0.39, 0.29) is 55.1 Å². The molecule has 0 saturated heterocycles. The first-order chi connectivity index (χ1) is 44.9. The van der Waals surface area contributed by atoms with Crippen LogP contribution in [-0.2, 0) is 14.3 Å². The molecule has 0 spiro atoms. The van der Waals surface area contributed by atoms with Gasteiger partial charge >= 0.3 is 0 Å². The lowest BCUT2D eigenvalue weighted by molar-refractivity contribution is 0.200. The lowest BCUT2D eigenvalue weighted by Gasteiger charge is -2.14. The van der Waals surface area contributed by atoms with Crippen molar-refractivity contribution < 1.29 is 65.4 Å². The Morgan fingerprint density at radius 3 is 1.00 bits per heavy atom. The molecule has 0 aliphatic carbocycles. The quantitative estimate of drug-likeness (QED) is 0.0200. The molecule has 3 aromatic heterocycles. The van der Waals surface area contributed by atoms with E-state index in [4.69, 9.17) is 80.2 Å². The number of aliphatic hydroxyl groups is 2. The number of ether oxygens (including phenoxy) is 9. The Morgan fingerprint density at radius 2 is 0.755 bits per heavy atom. The number of aromatic nitrogens is 6. The van der Waals surface area contributed by atoms with Crippen LogP contribution in [0.2, 0.25) is 0 Å². The van der Waals surface area contributed by atoms with Gasteiger partial charge in [-0.3, -0.25) is 18.6 Å². The van der Waals surface area contributed by atoms with Crippen LogP contribution in [-0.4, -0.2) is 163 Å². The molecule has 9 rings (SSSR count). The Morgan fingerprint density at radius 1 is 0.479 bits per heavy atom. The molecule has 6 aromatic carbocycles. The van der Waals surface area contributed by atoms with Crippen molar-refractivity contribution in [1.29, 1.82) is 0 Å². The lowest BCUT2D eigenvalue weighted by atomic mass is 10.0. The predicted octanol–water partition coefficient (Wildman–Crippen LogP) is 8.99. The Hall–Kier alpha value is -8.73. The lowest BCUT2D eigenvalue weighted by Crippen LogP contribution is -2.16. The number of benzene rings is 6. The van der Waals surface area contributed by atoms with E-state index in [1.807, 2.05) is 85.0 Å². The topological polar surface area (TPSA) is 342 Å². The molecule has 3 heterocycles. The van der Waals surface area contributed by atoms with E-state index in [0.29, 0.717) is 103 Å². The normalized spacial score (nSPS) is 10.6. The van der Waals surface area contributed by atoms with Gasteiger partial charge in [-0.1, -0.05) is 0 Å². The second-order valence-corrected chi connectivity index (χ2v) is 22.5. The van der Waals surface area contributed by atoms with Crippen molar-refractivity contribution in [2.45, 2.75) is 48.5 Å². The van der Waals surface area contributed by atoms with Crippen LogP contribution in [0.25, 0.3) is 66.9 Å². The maximum Gasteiger partial charge on any atom is 0.264 e. The van der Waals surface area contributed by atoms with Crippen LogP contribution in [0.1, 0.15) is 40.3 Å². The molecule has 0 saturated carbocycles. The van der Waals surface area contributed by atoms with Crippen LogP contribution >= 0.6 is 23.2 Å². The van der Waals surface area contributed by atoms with Gasteiger partial charge in [0.25, 0.3) is 26.8 Å². The highest BCUT2D eigenvalue weighted by atomic mass is 35.5. The van der Waals surface area contributed by atoms with Gasteiger partial charge in [-0.15, -0.1) is 23.2 Å². The van der Waals surface area contributed by atoms with Crippen LogP contribution in [0.5, 0.6) is 51.7 Å². The van der Waals surface area contributed by atoms with E-state index >= 15 is 0 Å². The molecule has 94 heavy (non-hydrogen) atoms. The summed E-state index contributed by atoms with van der Waals surface area (Å²) in [6.07, 6.45) is 0.987. The van der Waals surface area contributed by atoms with Crippen molar-refractivity contribution in [2.75, 3.05) is 115 Å². The second kappa shape index (κ2) is 37.8. The monoisotopic (exact) mass is 1360 g/mol. The maximum atomic E-state index is 12.7. The minimum atomic E-state index is -3.51. The number of hydrogen-bond donors (Lipinski definition) is 7. The molecule has 0 aliphatic rings. The third-order valence-corrected chi connectivity index (χ3v) is 14.0. The number of rotatable bonds is 21. The Labute approximate surface area is 555 Å². The first-order valence-corrected chi connectivity index (χ1v) is 31.9. The van der Waals surface area contributed by atoms with Gasteiger partial charge in [-0.05, 0) is 132 Å². The maximum absolute atomic E-state index is 12.7. The third-order valence-electron chi connectivity index (χ3n) is 13.4. The van der Waals surface area contributed by atoms with E-state index < -0.39 is 10.1 Å². The average Bonchev–Trinajstić information content (AvgIpc) is 0.789. The van der Waals surface area contributed by atoms with Gasteiger partial charge in [-0.2, -0.15) is 8.42 Å². The predicted molar refractivity (Wildman–Crippen MR) is 369 cm³/mol. The van der Waals surface area contributed by atoms with E-state index in [2.05, 4.69) is 41.0 Å². The van der Waals surface area contributed by atoms with Gasteiger partial charge in [0.05, 0.1) is 77.4 Å². The summed E-state index contributed by atoms with van der Waals surface area (Å²) in [5.41, 5.74) is 12.7. The second-order valence-electron chi connectivity index (χ2n) is 20.0. The molecular formula is C66H84Cl2N8O17S. The molecule has 8 N–H and O–H groups in total. The first kappa shape index (κ1) is 77.7. The smallest absolute Gasteiger partial charge is 0.264 e. The Balaban J connectivity index is 0.000000284. The Kier molecular flexibility index (Phi) is 31.3. The molecule has 510 valence electrons. The number of nitrogens with one attached hydrogen (secondary N) is 4. The number of halogens is 2. The third kappa shape index (κ3) is 20.9. The van der Waals surface area contributed by atoms with Crippen LogP contribution in [0.3, 0.4) is 0 Å². The zero-order valence-corrected chi connectivity index (χ0v) is 58.0. The number of aromatic amines is 3.